The number of rotatable bonds is 4. The van der Waals surface area contributed by atoms with Gasteiger partial charge in [0.05, 0.1) is 0 Å². The molecule has 117 valence electrons. The van der Waals surface area contributed by atoms with Crippen LogP contribution < -0.4 is 4.98 Å². The minimum Gasteiger partial charge on any atom is -0.442 e. The minimum atomic E-state index is 0. The summed E-state index contributed by atoms with van der Waals surface area (Å²) >= 11 is 0. The molecule has 0 aliphatic rings. The second-order valence-electron chi connectivity index (χ2n) is 7.97. The average molecular weight is 318 g/mol. The van der Waals surface area contributed by atoms with E-state index in [1.165, 1.54) is 11.4 Å². The van der Waals surface area contributed by atoms with E-state index in [2.05, 4.69) is 62.3 Å². The van der Waals surface area contributed by atoms with Crippen LogP contribution in [0, 0.1) is 0 Å². The molecular weight excluding hydrogens is 287 g/mol. The molecule has 2 nitrogen and oxygen atoms in total. The van der Waals surface area contributed by atoms with E-state index in [0.717, 1.165) is 18.7 Å². The van der Waals surface area contributed by atoms with Crippen molar-refractivity contribution in [3.05, 3.63) is 17.2 Å². The standard InChI is InChI=1S/C17H31N2.Mn/c1-10-16(6,7)12-13(17(8,9)11-2)19-14(18-12)15(3,4)5;/h10-11H2,1-9H3;/q-1;. The molecule has 1 aromatic heterocycles. The predicted octanol–water partition coefficient (Wildman–Crippen LogP) is 4.71. The Morgan fingerprint density at radius 3 is 1.65 bits per heavy atom. The Hall–Kier alpha value is -0.271. The molecule has 0 atom stereocenters. The van der Waals surface area contributed by atoms with Gasteiger partial charge in [0.25, 0.3) is 0 Å². The Balaban J connectivity index is 0.00000361. The molecule has 1 aromatic rings. The molecular formula is C17H31MnN2-. The van der Waals surface area contributed by atoms with Gasteiger partial charge in [-0.1, -0.05) is 79.5 Å². The van der Waals surface area contributed by atoms with Gasteiger partial charge < -0.3 is 9.97 Å². The molecule has 0 spiro atoms. The van der Waals surface area contributed by atoms with E-state index in [0.29, 0.717) is 0 Å². The maximum atomic E-state index is 4.93. The van der Waals surface area contributed by atoms with Crippen LogP contribution in [-0.2, 0) is 33.3 Å². The van der Waals surface area contributed by atoms with Gasteiger partial charge >= 0.3 is 0 Å². The van der Waals surface area contributed by atoms with E-state index in [4.69, 9.17) is 9.97 Å². The first-order valence-corrected chi connectivity index (χ1v) is 7.52. The fourth-order valence-electron chi connectivity index (χ4n) is 1.96. The van der Waals surface area contributed by atoms with Gasteiger partial charge in [-0.15, -0.1) is 0 Å². The molecule has 1 rings (SSSR count). The summed E-state index contributed by atoms with van der Waals surface area (Å²) in [4.78, 5) is 9.85. The van der Waals surface area contributed by atoms with Gasteiger partial charge in [0.2, 0.25) is 0 Å². The quantitative estimate of drug-likeness (QED) is 0.752. The molecule has 0 fully saturated rings. The predicted molar refractivity (Wildman–Crippen MR) is 82.9 cm³/mol. The van der Waals surface area contributed by atoms with Crippen LogP contribution >= 0.6 is 0 Å². The van der Waals surface area contributed by atoms with Gasteiger partial charge in [0.15, 0.2) is 0 Å². The van der Waals surface area contributed by atoms with Gasteiger partial charge in [-0.3, -0.25) is 0 Å². The molecule has 1 radical (unpaired) electrons. The van der Waals surface area contributed by atoms with E-state index < -0.39 is 0 Å². The van der Waals surface area contributed by atoms with Crippen LogP contribution in [0.2, 0.25) is 0 Å². The molecule has 0 aromatic carbocycles. The Kier molecular flexibility index (Phi) is 6.15. The number of hydrogen-bond acceptors (Lipinski definition) is 1. The SMILES string of the molecule is CCC(C)(C)c1nc(C(C)(C)C)[n-]c1C(C)(C)CC.[Mn]. The van der Waals surface area contributed by atoms with E-state index >= 15 is 0 Å². The first-order valence-electron chi connectivity index (χ1n) is 7.52. The van der Waals surface area contributed by atoms with Crippen molar-refractivity contribution >= 4 is 0 Å². The fraction of sp³-hybridized carbons (Fsp3) is 0.824. The number of imidazole rings is 1. The van der Waals surface area contributed by atoms with E-state index in [-0.39, 0.29) is 33.3 Å². The van der Waals surface area contributed by atoms with Crippen molar-refractivity contribution in [2.75, 3.05) is 0 Å². The van der Waals surface area contributed by atoms with Crippen molar-refractivity contribution < 1.29 is 17.1 Å². The van der Waals surface area contributed by atoms with Crippen molar-refractivity contribution in [1.29, 1.82) is 0 Å². The molecule has 0 saturated heterocycles. The van der Waals surface area contributed by atoms with Crippen LogP contribution in [0.3, 0.4) is 0 Å². The Bertz CT molecular complexity index is 403. The fourth-order valence-corrected chi connectivity index (χ4v) is 1.96. The van der Waals surface area contributed by atoms with Crippen molar-refractivity contribution in [1.82, 2.24) is 9.97 Å². The van der Waals surface area contributed by atoms with Crippen LogP contribution in [-0.4, -0.2) is 4.98 Å². The van der Waals surface area contributed by atoms with Crippen molar-refractivity contribution in [2.24, 2.45) is 0 Å². The van der Waals surface area contributed by atoms with Crippen LogP contribution in [0.4, 0.5) is 0 Å². The molecule has 3 heteroatoms. The van der Waals surface area contributed by atoms with Gasteiger partial charge in [0, 0.05) is 17.1 Å². The summed E-state index contributed by atoms with van der Waals surface area (Å²) in [6.07, 6.45) is 2.17. The Morgan fingerprint density at radius 1 is 0.850 bits per heavy atom. The summed E-state index contributed by atoms with van der Waals surface area (Å²) in [5.41, 5.74) is 2.61. The first-order chi connectivity index (χ1) is 8.45. The number of hydrogen-bond donors (Lipinski definition) is 0. The van der Waals surface area contributed by atoms with Crippen LogP contribution in [0.5, 0.6) is 0 Å². The summed E-state index contributed by atoms with van der Waals surface area (Å²) in [6, 6.07) is 0. The summed E-state index contributed by atoms with van der Waals surface area (Å²) in [6.45, 7) is 20.1. The van der Waals surface area contributed by atoms with Gasteiger partial charge in [-0.25, -0.2) is 0 Å². The zero-order valence-corrected chi connectivity index (χ0v) is 15.9. The topological polar surface area (TPSA) is 27.0 Å². The Morgan fingerprint density at radius 2 is 1.30 bits per heavy atom. The van der Waals surface area contributed by atoms with Gasteiger partial charge in [-0.05, 0) is 29.1 Å². The second-order valence-corrected chi connectivity index (χ2v) is 7.97. The number of aromatic nitrogens is 2. The van der Waals surface area contributed by atoms with E-state index in [9.17, 15) is 0 Å². The molecule has 0 aliphatic carbocycles. The monoisotopic (exact) mass is 318 g/mol. The van der Waals surface area contributed by atoms with Crippen molar-refractivity contribution in [2.45, 2.75) is 91.4 Å². The maximum absolute atomic E-state index is 4.93. The Labute approximate surface area is 136 Å². The second kappa shape index (κ2) is 6.23. The molecule has 0 amide bonds. The van der Waals surface area contributed by atoms with Crippen LogP contribution in [0.15, 0.2) is 0 Å². The average Bonchev–Trinajstić information content (AvgIpc) is 2.74. The normalized spacial score (nSPS) is 13.2. The minimum absolute atomic E-state index is 0. The van der Waals surface area contributed by atoms with Crippen LogP contribution in [0.25, 0.3) is 0 Å². The number of nitrogens with zero attached hydrogens (tertiary/aromatic N) is 2. The van der Waals surface area contributed by atoms with Crippen molar-refractivity contribution in [3.63, 3.8) is 0 Å². The largest absolute Gasteiger partial charge is 0.442 e. The van der Waals surface area contributed by atoms with E-state index in [1.54, 1.807) is 0 Å². The van der Waals surface area contributed by atoms with Gasteiger partial charge in [-0.2, -0.15) is 0 Å². The maximum Gasteiger partial charge on any atom is 0 e. The van der Waals surface area contributed by atoms with Crippen LogP contribution in [0.1, 0.15) is 92.4 Å². The van der Waals surface area contributed by atoms with Crippen molar-refractivity contribution in [3.8, 4) is 0 Å². The zero-order chi connectivity index (χ0) is 15.1. The molecule has 0 unspecified atom stereocenters. The summed E-state index contributed by atoms with van der Waals surface area (Å²) < 4.78 is 0. The third-order valence-electron chi connectivity index (χ3n) is 4.38. The third-order valence-corrected chi connectivity index (χ3v) is 4.38. The molecule has 0 N–H and O–H groups in total. The first kappa shape index (κ1) is 19.7. The third kappa shape index (κ3) is 3.89. The molecule has 0 bridgehead atoms. The molecule has 0 aliphatic heterocycles. The van der Waals surface area contributed by atoms with E-state index in [1.807, 2.05) is 0 Å². The molecule has 20 heavy (non-hydrogen) atoms. The smallest absolute Gasteiger partial charge is 0 e. The summed E-state index contributed by atoms with van der Waals surface area (Å²) in [7, 11) is 0. The zero-order valence-electron chi connectivity index (χ0n) is 14.7. The molecule has 1 heterocycles. The molecule has 0 saturated carbocycles. The summed E-state index contributed by atoms with van der Waals surface area (Å²) in [5, 5.41) is 0. The summed E-state index contributed by atoms with van der Waals surface area (Å²) in [5.74, 6) is 0.987. The van der Waals surface area contributed by atoms with Gasteiger partial charge in [0.1, 0.15) is 0 Å².